The number of nitro groups is 1. The van der Waals surface area contributed by atoms with Crippen molar-refractivity contribution in [1.82, 2.24) is 0 Å². The van der Waals surface area contributed by atoms with Crippen LogP contribution in [0.1, 0.15) is 37.0 Å². The molecular weight excluding hydrogens is 260 g/mol. The number of aldehydes is 1. The second-order valence-electron chi connectivity index (χ2n) is 4.51. The third-order valence-electron chi connectivity index (χ3n) is 3.37. The van der Waals surface area contributed by atoms with E-state index in [0.29, 0.717) is 18.5 Å². The first-order chi connectivity index (χ1) is 9.58. The number of aliphatic hydroxyl groups excluding tert-OH is 1. The summed E-state index contributed by atoms with van der Waals surface area (Å²) >= 11 is 0. The molecule has 0 radical (unpaired) electrons. The molecule has 1 rings (SSSR count). The van der Waals surface area contributed by atoms with Gasteiger partial charge in [-0.2, -0.15) is 0 Å². The normalized spacial score (nSPS) is 10.6. The highest BCUT2D eigenvalue weighted by Gasteiger charge is 2.24. The maximum atomic E-state index is 11.2. The Morgan fingerprint density at radius 3 is 2.50 bits per heavy atom. The van der Waals surface area contributed by atoms with Crippen molar-refractivity contribution in [3.63, 3.8) is 0 Å². The molecule has 110 valence electrons. The number of hydrogen-bond acceptors (Lipinski definition) is 5. The van der Waals surface area contributed by atoms with Gasteiger partial charge >= 0.3 is 0 Å². The second kappa shape index (κ2) is 7.59. The predicted molar refractivity (Wildman–Crippen MR) is 77.3 cm³/mol. The van der Waals surface area contributed by atoms with Gasteiger partial charge in [-0.15, -0.1) is 0 Å². The molecular formula is C14H20N2O4. The van der Waals surface area contributed by atoms with Crippen molar-refractivity contribution in [2.24, 2.45) is 0 Å². The molecule has 0 aliphatic carbocycles. The van der Waals surface area contributed by atoms with Crippen molar-refractivity contribution in [3.05, 3.63) is 33.9 Å². The topological polar surface area (TPSA) is 83.7 Å². The van der Waals surface area contributed by atoms with Gasteiger partial charge in [-0.05, 0) is 25.0 Å². The largest absolute Gasteiger partial charge is 0.395 e. The summed E-state index contributed by atoms with van der Waals surface area (Å²) in [7, 11) is 0. The number of anilines is 1. The highest BCUT2D eigenvalue weighted by Crippen LogP contribution is 2.31. The SMILES string of the molecule is CCC(CC)N(CCO)c1ccc(C=O)cc1[N+](=O)[O-]. The summed E-state index contributed by atoms with van der Waals surface area (Å²) in [6.07, 6.45) is 2.23. The molecule has 0 aliphatic rings. The van der Waals surface area contributed by atoms with Crippen LogP contribution in [0.25, 0.3) is 0 Å². The summed E-state index contributed by atoms with van der Waals surface area (Å²) in [4.78, 5) is 23.3. The first kappa shape index (κ1) is 16.1. The van der Waals surface area contributed by atoms with E-state index in [1.54, 1.807) is 12.1 Å². The van der Waals surface area contributed by atoms with E-state index in [9.17, 15) is 20.0 Å². The van der Waals surface area contributed by atoms with Gasteiger partial charge in [0.1, 0.15) is 12.0 Å². The minimum Gasteiger partial charge on any atom is -0.395 e. The fourth-order valence-electron chi connectivity index (χ4n) is 2.34. The van der Waals surface area contributed by atoms with E-state index in [0.717, 1.165) is 12.8 Å². The van der Waals surface area contributed by atoms with Crippen LogP contribution in [0.5, 0.6) is 0 Å². The average Bonchev–Trinajstić information content (AvgIpc) is 2.46. The fourth-order valence-corrected chi connectivity index (χ4v) is 2.34. The molecule has 0 heterocycles. The van der Waals surface area contributed by atoms with Gasteiger partial charge in [0.05, 0.1) is 11.5 Å². The smallest absolute Gasteiger partial charge is 0.293 e. The van der Waals surface area contributed by atoms with Crippen LogP contribution in [0.15, 0.2) is 18.2 Å². The molecule has 0 fully saturated rings. The van der Waals surface area contributed by atoms with Crippen LogP contribution in [-0.4, -0.2) is 35.5 Å². The van der Waals surface area contributed by atoms with Crippen LogP contribution in [-0.2, 0) is 0 Å². The zero-order chi connectivity index (χ0) is 15.1. The third kappa shape index (κ3) is 3.54. The number of benzene rings is 1. The van der Waals surface area contributed by atoms with Crippen molar-refractivity contribution in [2.75, 3.05) is 18.1 Å². The summed E-state index contributed by atoms with van der Waals surface area (Å²) in [5.74, 6) is 0. The Labute approximate surface area is 118 Å². The molecule has 6 nitrogen and oxygen atoms in total. The third-order valence-corrected chi connectivity index (χ3v) is 3.37. The number of hydrogen-bond donors (Lipinski definition) is 1. The van der Waals surface area contributed by atoms with E-state index in [1.165, 1.54) is 6.07 Å². The van der Waals surface area contributed by atoms with Crippen LogP contribution in [0.4, 0.5) is 11.4 Å². The Morgan fingerprint density at radius 2 is 2.05 bits per heavy atom. The molecule has 0 amide bonds. The monoisotopic (exact) mass is 280 g/mol. The van der Waals surface area contributed by atoms with Crippen molar-refractivity contribution in [1.29, 1.82) is 0 Å². The maximum Gasteiger partial charge on any atom is 0.293 e. The van der Waals surface area contributed by atoms with E-state index >= 15 is 0 Å². The molecule has 0 aromatic heterocycles. The Bertz CT molecular complexity index is 472. The van der Waals surface area contributed by atoms with Gasteiger partial charge in [0, 0.05) is 24.2 Å². The number of aliphatic hydroxyl groups is 1. The van der Waals surface area contributed by atoms with Gasteiger partial charge in [0.15, 0.2) is 0 Å². The number of nitrogens with zero attached hydrogens (tertiary/aromatic N) is 2. The van der Waals surface area contributed by atoms with Gasteiger partial charge in [-0.25, -0.2) is 0 Å². The fraction of sp³-hybridized carbons (Fsp3) is 0.500. The van der Waals surface area contributed by atoms with Gasteiger partial charge in [0.25, 0.3) is 5.69 Å². The number of rotatable bonds is 8. The molecule has 0 spiro atoms. The average molecular weight is 280 g/mol. The molecule has 1 aromatic rings. The van der Waals surface area contributed by atoms with E-state index in [4.69, 9.17) is 0 Å². The minimum absolute atomic E-state index is 0.0803. The van der Waals surface area contributed by atoms with Gasteiger partial charge in [0.2, 0.25) is 0 Å². The van der Waals surface area contributed by atoms with Crippen LogP contribution in [0, 0.1) is 10.1 Å². The van der Waals surface area contributed by atoms with Crippen molar-refractivity contribution < 1.29 is 14.8 Å². The van der Waals surface area contributed by atoms with E-state index in [2.05, 4.69) is 0 Å². The Balaban J connectivity index is 3.31. The molecule has 0 saturated heterocycles. The van der Waals surface area contributed by atoms with Gasteiger partial charge in [-0.1, -0.05) is 13.8 Å². The number of carbonyl (C=O) groups is 1. The molecule has 1 N–H and O–H groups in total. The van der Waals surface area contributed by atoms with Crippen LogP contribution < -0.4 is 4.90 Å². The highest BCUT2D eigenvalue weighted by atomic mass is 16.6. The summed E-state index contributed by atoms with van der Waals surface area (Å²) in [5, 5.41) is 20.4. The number of nitro benzene ring substituents is 1. The van der Waals surface area contributed by atoms with Gasteiger partial charge < -0.3 is 10.0 Å². The zero-order valence-electron chi connectivity index (χ0n) is 11.8. The Morgan fingerprint density at radius 1 is 1.40 bits per heavy atom. The summed E-state index contributed by atoms with van der Waals surface area (Å²) in [6.45, 7) is 4.25. The van der Waals surface area contributed by atoms with Crippen LogP contribution in [0.3, 0.4) is 0 Å². The standard InChI is InChI=1S/C14H20N2O4/c1-3-12(4-2)15(7-8-17)13-6-5-11(10-18)9-14(13)16(19)20/h5-6,9-10,12,17H,3-4,7-8H2,1-2H3. The lowest BCUT2D eigenvalue weighted by atomic mass is 10.1. The van der Waals surface area contributed by atoms with Crippen molar-refractivity contribution in [2.45, 2.75) is 32.7 Å². The summed E-state index contributed by atoms with van der Waals surface area (Å²) in [6, 6.07) is 4.52. The lowest BCUT2D eigenvalue weighted by Gasteiger charge is -2.31. The lowest BCUT2D eigenvalue weighted by Crippen LogP contribution is -2.37. The predicted octanol–water partition coefficient (Wildman–Crippen LogP) is 2.39. The lowest BCUT2D eigenvalue weighted by molar-refractivity contribution is -0.384. The van der Waals surface area contributed by atoms with Crippen LogP contribution in [0.2, 0.25) is 0 Å². The molecule has 6 heteroatoms. The first-order valence-electron chi connectivity index (χ1n) is 6.70. The highest BCUT2D eigenvalue weighted by molar-refractivity contribution is 5.79. The molecule has 0 unspecified atom stereocenters. The summed E-state index contributed by atoms with van der Waals surface area (Å²) in [5.41, 5.74) is 0.618. The molecule has 0 saturated carbocycles. The van der Waals surface area contributed by atoms with E-state index in [1.807, 2.05) is 18.7 Å². The second-order valence-corrected chi connectivity index (χ2v) is 4.51. The minimum atomic E-state index is -0.491. The van der Waals surface area contributed by atoms with E-state index in [-0.39, 0.29) is 23.9 Å². The van der Waals surface area contributed by atoms with Crippen LogP contribution >= 0.6 is 0 Å². The van der Waals surface area contributed by atoms with Crippen molar-refractivity contribution in [3.8, 4) is 0 Å². The summed E-state index contributed by atoms with van der Waals surface area (Å²) < 4.78 is 0. The quantitative estimate of drug-likeness (QED) is 0.449. The molecule has 20 heavy (non-hydrogen) atoms. The molecule has 0 aliphatic heterocycles. The Hall–Kier alpha value is -1.95. The van der Waals surface area contributed by atoms with Crippen molar-refractivity contribution >= 4 is 17.7 Å². The maximum absolute atomic E-state index is 11.2. The zero-order valence-corrected chi connectivity index (χ0v) is 11.8. The van der Waals surface area contributed by atoms with Gasteiger partial charge in [-0.3, -0.25) is 14.9 Å². The molecule has 0 bridgehead atoms. The molecule has 1 aromatic carbocycles. The number of carbonyl (C=O) groups excluding carboxylic acids is 1. The first-order valence-corrected chi connectivity index (χ1v) is 6.70. The van der Waals surface area contributed by atoms with E-state index < -0.39 is 4.92 Å². The molecule has 0 atom stereocenters. The Kier molecular flexibility index (Phi) is 6.11.